The van der Waals surface area contributed by atoms with Gasteiger partial charge in [0.25, 0.3) is 0 Å². The van der Waals surface area contributed by atoms with E-state index in [4.69, 9.17) is 21.4 Å². The van der Waals surface area contributed by atoms with E-state index in [1.165, 1.54) is 0 Å². The fourth-order valence-electron chi connectivity index (χ4n) is 0.472. The molecule has 0 amide bonds. The zero-order valence-electron chi connectivity index (χ0n) is 7.63. The maximum atomic E-state index is 10.3. The van der Waals surface area contributed by atoms with Crippen LogP contribution in [-0.4, -0.2) is 28.7 Å². The first-order chi connectivity index (χ1) is 5.39. The van der Waals surface area contributed by atoms with Crippen LogP contribution in [0.2, 0.25) is 0 Å². The fraction of sp³-hybridized carbons (Fsp3) is 0.875. The van der Waals surface area contributed by atoms with Gasteiger partial charge in [-0.05, 0) is 20.3 Å². The van der Waals surface area contributed by atoms with E-state index in [0.29, 0.717) is 0 Å². The number of hydrogen-bond donors (Lipinski definition) is 1. The van der Waals surface area contributed by atoms with Gasteiger partial charge in [0.15, 0.2) is 5.38 Å². The van der Waals surface area contributed by atoms with Crippen LogP contribution in [0.15, 0.2) is 0 Å². The van der Waals surface area contributed by atoms with Crippen LogP contribution in [0.5, 0.6) is 0 Å². The van der Waals surface area contributed by atoms with Gasteiger partial charge in [-0.1, -0.05) is 6.92 Å². The molecule has 0 rings (SSSR count). The molecule has 0 saturated heterocycles. The molecule has 0 aliphatic heterocycles. The summed E-state index contributed by atoms with van der Waals surface area (Å²) >= 11 is 5.45. The van der Waals surface area contributed by atoms with Crippen LogP contribution in [0.25, 0.3) is 0 Å². The summed E-state index contributed by atoms with van der Waals surface area (Å²) in [6.45, 7) is 5.83. The van der Waals surface area contributed by atoms with Crippen molar-refractivity contribution in [2.24, 2.45) is 0 Å². The van der Waals surface area contributed by atoms with Crippen LogP contribution in [0, 0.1) is 0 Å². The van der Waals surface area contributed by atoms with Crippen LogP contribution in [0.3, 0.4) is 0 Å². The summed E-state index contributed by atoms with van der Waals surface area (Å²) in [6.07, 6.45) is 0.830. The van der Waals surface area contributed by atoms with Gasteiger partial charge in [-0.15, -0.1) is 11.6 Å². The van der Waals surface area contributed by atoms with Crippen molar-refractivity contribution in [3.05, 3.63) is 0 Å². The lowest BCUT2D eigenvalue weighted by atomic mass is 10.1. The van der Waals surface area contributed by atoms with Gasteiger partial charge in [0.2, 0.25) is 0 Å². The van der Waals surface area contributed by atoms with Crippen molar-refractivity contribution < 1.29 is 14.6 Å². The molecule has 0 fully saturated rings. The summed E-state index contributed by atoms with van der Waals surface area (Å²) < 4.78 is 5.29. The van der Waals surface area contributed by atoms with Crippen molar-refractivity contribution in [3.63, 3.8) is 0 Å². The third kappa shape index (κ3) is 4.57. The van der Waals surface area contributed by atoms with E-state index < -0.39 is 11.3 Å². The lowest BCUT2D eigenvalue weighted by Crippen LogP contribution is -2.29. The van der Waals surface area contributed by atoms with Crippen LogP contribution in [0.4, 0.5) is 0 Å². The summed E-state index contributed by atoms with van der Waals surface area (Å²) in [5.74, 6) is -1.04. The molecule has 0 spiro atoms. The average Bonchev–Trinajstić information content (AvgIpc) is 2.00. The van der Waals surface area contributed by atoms with Gasteiger partial charge >= 0.3 is 5.97 Å². The van der Waals surface area contributed by atoms with Crippen LogP contribution in [-0.2, 0) is 9.53 Å². The monoisotopic (exact) mass is 194 g/mol. The van der Waals surface area contributed by atoms with Crippen molar-refractivity contribution in [1.29, 1.82) is 0 Å². The molecule has 0 aromatic rings. The minimum Gasteiger partial charge on any atom is -0.480 e. The zero-order chi connectivity index (χ0) is 9.78. The smallest absolute Gasteiger partial charge is 0.324 e. The summed E-state index contributed by atoms with van der Waals surface area (Å²) in [6, 6.07) is 0. The predicted octanol–water partition coefficient (Wildman–Crippen LogP) is 1.88. The first kappa shape index (κ1) is 11.7. The number of rotatable bonds is 5. The SMILES string of the molecule is CCC(C)(C)OCC(Cl)C(=O)O. The van der Waals surface area contributed by atoms with Crippen molar-refractivity contribution in [3.8, 4) is 0 Å². The minimum absolute atomic E-state index is 0.0533. The molecule has 0 saturated carbocycles. The molecule has 1 atom stereocenters. The Balaban J connectivity index is 3.75. The maximum absolute atomic E-state index is 10.3. The topological polar surface area (TPSA) is 46.5 Å². The molecule has 0 aromatic carbocycles. The van der Waals surface area contributed by atoms with Gasteiger partial charge in [0.05, 0.1) is 12.2 Å². The molecular formula is C8H15ClO3. The minimum atomic E-state index is -1.04. The lowest BCUT2D eigenvalue weighted by Gasteiger charge is -2.23. The molecule has 72 valence electrons. The highest BCUT2D eigenvalue weighted by Crippen LogP contribution is 2.14. The molecule has 0 heterocycles. The van der Waals surface area contributed by atoms with E-state index in [-0.39, 0.29) is 12.2 Å². The maximum Gasteiger partial charge on any atom is 0.324 e. The predicted molar refractivity (Wildman–Crippen MR) is 47.6 cm³/mol. The highest BCUT2D eigenvalue weighted by Gasteiger charge is 2.20. The zero-order valence-corrected chi connectivity index (χ0v) is 8.39. The van der Waals surface area contributed by atoms with Gasteiger partial charge in [-0.25, -0.2) is 0 Å². The highest BCUT2D eigenvalue weighted by molar-refractivity contribution is 6.29. The number of halogens is 1. The summed E-state index contributed by atoms with van der Waals surface area (Å²) in [7, 11) is 0. The molecule has 0 bridgehead atoms. The third-order valence-corrected chi connectivity index (χ3v) is 2.05. The van der Waals surface area contributed by atoms with E-state index in [9.17, 15) is 4.79 Å². The summed E-state index contributed by atoms with van der Waals surface area (Å²) in [4.78, 5) is 10.3. The van der Waals surface area contributed by atoms with Crippen molar-refractivity contribution >= 4 is 17.6 Å². The molecule has 0 radical (unpaired) electrons. The Morgan fingerprint density at radius 2 is 2.17 bits per heavy atom. The lowest BCUT2D eigenvalue weighted by molar-refractivity contribution is -0.139. The van der Waals surface area contributed by atoms with Gasteiger partial charge in [-0.2, -0.15) is 0 Å². The molecule has 0 aliphatic carbocycles. The fourth-order valence-corrected chi connectivity index (χ4v) is 0.535. The number of carbonyl (C=O) groups is 1. The number of ether oxygens (including phenoxy) is 1. The second kappa shape index (κ2) is 4.67. The number of hydrogen-bond acceptors (Lipinski definition) is 2. The van der Waals surface area contributed by atoms with Crippen molar-refractivity contribution in [1.82, 2.24) is 0 Å². The molecule has 1 N–H and O–H groups in total. The number of alkyl halides is 1. The Morgan fingerprint density at radius 3 is 2.50 bits per heavy atom. The quantitative estimate of drug-likeness (QED) is 0.680. The van der Waals surface area contributed by atoms with Crippen LogP contribution in [0.1, 0.15) is 27.2 Å². The molecule has 0 aromatic heterocycles. The molecule has 0 aliphatic rings. The first-order valence-corrected chi connectivity index (χ1v) is 4.33. The van der Waals surface area contributed by atoms with Crippen molar-refractivity contribution in [2.45, 2.75) is 38.2 Å². The van der Waals surface area contributed by atoms with Gasteiger partial charge < -0.3 is 9.84 Å². The molecular weight excluding hydrogens is 180 g/mol. The normalized spacial score (nSPS) is 14.3. The summed E-state index contributed by atoms with van der Waals surface area (Å²) in [5.41, 5.74) is -0.289. The van der Waals surface area contributed by atoms with E-state index in [1.54, 1.807) is 0 Å². The molecule has 1 unspecified atom stereocenters. The third-order valence-electron chi connectivity index (χ3n) is 1.74. The Morgan fingerprint density at radius 1 is 1.67 bits per heavy atom. The average molecular weight is 195 g/mol. The van der Waals surface area contributed by atoms with Crippen LogP contribution < -0.4 is 0 Å². The highest BCUT2D eigenvalue weighted by atomic mass is 35.5. The van der Waals surface area contributed by atoms with Gasteiger partial charge in [-0.3, -0.25) is 4.79 Å². The second-order valence-corrected chi connectivity index (χ2v) is 3.76. The summed E-state index contributed by atoms with van der Waals surface area (Å²) in [5, 5.41) is 7.49. The van der Waals surface area contributed by atoms with E-state index >= 15 is 0 Å². The van der Waals surface area contributed by atoms with E-state index in [2.05, 4.69) is 0 Å². The molecule has 4 heteroatoms. The molecule has 3 nitrogen and oxygen atoms in total. The standard InChI is InChI=1S/C8H15ClO3/c1-4-8(2,3)12-5-6(9)7(10)11/h6H,4-5H2,1-3H3,(H,10,11). The Kier molecular flexibility index (Phi) is 4.57. The van der Waals surface area contributed by atoms with E-state index in [0.717, 1.165) is 6.42 Å². The van der Waals surface area contributed by atoms with Crippen LogP contribution >= 0.6 is 11.6 Å². The van der Waals surface area contributed by atoms with Gasteiger partial charge in [0, 0.05) is 0 Å². The first-order valence-electron chi connectivity index (χ1n) is 3.90. The number of carboxylic acids is 1. The Labute approximate surface area is 77.7 Å². The Bertz CT molecular complexity index is 156. The second-order valence-electron chi connectivity index (χ2n) is 3.23. The Hall–Kier alpha value is -0.280. The van der Waals surface area contributed by atoms with Gasteiger partial charge in [0.1, 0.15) is 0 Å². The van der Waals surface area contributed by atoms with E-state index in [1.807, 2.05) is 20.8 Å². The number of aliphatic carboxylic acids is 1. The number of carboxylic acid groups (broad SMARTS) is 1. The van der Waals surface area contributed by atoms with Crippen molar-refractivity contribution in [2.75, 3.05) is 6.61 Å². The largest absolute Gasteiger partial charge is 0.480 e. The molecule has 12 heavy (non-hydrogen) atoms.